The van der Waals surface area contributed by atoms with Gasteiger partial charge in [0.05, 0.1) is 0 Å². The van der Waals surface area contributed by atoms with Gasteiger partial charge in [0.25, 0.3) is 5.91 Å². The largest absolute Gasteiger partial charge is 0.335 e. The lowest BCUT2D eigenvalue weighted by Gasteiger charge is -2.11. The quantitative estimate of drug-likeness (QED) is 0.613. The van der Waals surface area contributed by atoms with E-state index in [-0.39, 0.29) is 29.8 Å². The van der Waals surface area contributed by atoms with Gasteiger partial charge in [-0.15, -0.1) is 0 Å². The van der Waals surface area contributed by atoms with E-state index in [1.165, 1.54) is 0 Å². The summed E-state index contributed by atoms with van der Waals surface area (Å²) in [5.41, 5.74) is 2.29. The van der Waals surface area contributed by atoms with E-state index >= 15 is 0 Å². The van der Waals surface area contributed by atoms with Crippen LogP contribution in [0.5, 0.6) is 0 Å². The van der Waals surface area contributed by atoms with Crippen molar-refractivity contribution in [3.05, 3.63) is 54.1 Å². The van der Waals surface area contributed by atoms with Crippen LogP contribution in [-0.4, -0.2) is 23.9 Å². The van der Waals surface area contributed by atoms with E-state index < -0.39 is 0 Å². The second-order valence-corrected chi connectivity index (χ2v) is 7.13. The zero-order chi connectivity index (χ0) is 20.1. The smallest absolute Gasteiger partial charge is 0.319 e. The number of carbonyl (C=O) groups is 3. The molecule has 0 unspecified atom stereocenters. The van der Waals surface area contributed by atoms with Gasteiger partial charge in [0.15, 0.2) is 0 Å². The fourth-order valence-electron chi connectivity index (χ4n) is 2.45. The number of nitrogens with one attached hydrogen (secondary N) is 4. The molecule has 1 aliphatic rings. The summed E-state index contributed by atoms with van der Waals surface area (Å²) in [6.07, 6.45) is 2.05. The van der Waals surface area contributed by atoms with Crippen molar-refractivity contribution in [1.82, 2.24) is 5.32 Å². The maximum atomic E-state index is 12.4. The molecule has 1 fully saturated rings. The summed E-state index contributed by atoms with van der Waals surface area (Å²) < 4.78 is 0. The Balaban J connectivity index is 1.58. The molecule has 3 rings (SSSR count). The summed E-state index contributed by atoms with van der Waals surface area (Å²) in [4.78, 5) is 36.0. The number of urea groups is 1. The van der Waals surface area contributed by atoms with Gasteiger partial charge >= 0.3 is 6.03 Å². The van der Waals surface area contributed by atoms with Crippen molar-refractivity contribution in [3.8, 4) is 0 Å². The van der Waals surface area contributed by atoms with Gasteiger partial charge in [0.2, 0.25) is 5.91 Å². The SMILES string of the molecule is CC(C)C(=O)Nc1cccc(NC(=O)c2ccc(NC(=O)NC3CC3)cc2)c1. The molecular formula is C21H24N4O3. The molecule has 0 atom stereocenters. The Morgan fingerprint density at radius 1 is 0.857 bits per heavy atom. The second-order valence-electron chi connectivity index (χ2n) is 7.13. The van der Waals surface area contributed by atoms with Gasteiger partial charge in [0.1, 0.15) is 0 Å². The van der Waals surface area contributed by atoms with Crippen molar-refractivity contribution in [2.75, 3.05) is 16.0 Å². The van der Waals surface area contributed by atoms with Crippen molar-refractivity contribution in [2.45, 2.75) is 32.7 Å². The zero-order valence-corrected chi connectivity index (χ0v) is 15.9. The second kappa shape index (κ2) is 8.56. The number of hydrogen-bond donors (Lipinski definition) is 4. The van der Waals surface area contributed by atoms with Crippen LogP contribution < -0.4 is 21.3 Å². The van der Waals surface area contributed by atoms with Crippen molar-refractivity contribution in [1.29, 1.82) is 0 Å². The molecule has 7 nitrogen and oxygen atoms in total. The summed E-state index contributed by atoms with van der Waals surface area (Å²) in [7, 11) is 0. The number of benzene rings is 2. The van der Waals surface area contributed by atoms with Gasteiger partial charge in [-0.3, -0.25) is 9.59 Å². The molecule has 0 saturated heterocycles. The molecule has 0 aromatic heterocycles. The lowest BCUT2D eigenvalue weighted by atomic mass is 10.1. The van der Waals surface area contributed by atoms with E-state index in [0.717, 1.165) is 12.8 Å². The van der Waals surface area contributed by atoms with E-state index in [0.29, 0.717) is 22.6 Å². The first-order chi connectivity index (χ1) is 13.4. The van der Waals surface area contributed by atoms with Gasteiger partial charge in [-0.2, -0.15) is 0 Å². The Kier molecular flexibility index (Phi) is 5.93. The van der Waals surface area contributed by atoms with Crippen LogP contribution in [0.3, 0.4) is 0 Å². The maximum absolute atomic E-state index is 12.4. The fraction of sp³-hybridized carbons (Fsp3) is 0.286. The lowest BCUT2D eigenvalue weighted by Crippen LogP contribution is -2.30. The van der Waals surface area contributed by atoms with Crippen LogP contribution in [0.25, 0.3) is 0 Å². The lowest BCUT2D eigenvalue weighted by molar-refractivity contribution is -0.118. The Morgan fingerprint density at radius 2 is 1.50 bits per heavy atom. The molecule has 4 N–H and O–H groups in total. The Labute approximate surface area is 163 Å². The highest BCUT2D eigenvalue weighted by Gasteiger charge is 2.23. The number of rotatable bonds is 6. The Bertz CT molecular complexity index is 873. The maximum Gasteiger partial charge on any atom is 0.319 e. The number of hydrogen-bond acceptors (Lipinski definition) is 3. The summed E-state index contributed by atoms with van der Waals surface area (Å²) >= 11 is 0. The summed E-state index contributed by atoms with van der Waals surface area (Å²) in [6.45, 7) is 3.63. The van der Waals surface area contributed by atoms with Gasteiger partial charge in [-0.1, -0.05) is 19.9 Å². The number of anilines is 3. The first kappa shape index (κ1) is 19.4. The first-order valence-corrected chi connectivity index (χ1v) is 9.30. The standard InChI is InChI=1S/C21H24N4O3/c1-13(2)19(26)22-17-4-3-5-18(12-17)23-20(27)14-6-8-15(9-7-14)24-21(28)25-16-10-11-16/h3-9,12-13,16H,10-11H2,1-2H3,(H,22,26)(H,23,27)(H2,24,25,28). The molecular weight excluding hydrogens is 356 g/mol. The molecule has 146 valence electrons. The molecule has 2 aromatic rings. The topological polar surface area (TPSA) is 99.3 Å². The normalized spacial score (nSPS) is 13.0. The van der Waals surface area contributed by atoms with E-state index in [2.05, 4.69) is 21.3 Å². The molecule has 4 amide bonds. The monoisotopic (exact) mass is 380 g/mol. The molecule has 0 bridgehead atoms. The molecule has 2 aromatic carbocycles. The fourth-order valence-corrected chi connectivity index (χ4v) is 2.45. The van der Waals surface area contributed by atoms with Gasteiger partial charge < -0.3 is 21.3 Å². The van der Waals surface area contributed by atoms with Crippen molar-refractivity contribution < 1.29 is 14.4 Å². The van der Waals surface area contributed by atoms with Gasteiger partial charge in [-0.05, 0) is 55.3 Å². The van der Waals surface area contributed by atoms with Crippen LogP contribution in [-0.2, 0) is 4.79 Å². The molecule has 0 aliphatic heterocycles. The molecule has 28 heavy (non-hydrogen) atoms. The van der Waals surface area contributed by atoms with E-state index in [4.69, 9.17) is 0 Å². The van der Waals surface area contributed by atoms with E-state index in [1.54, 1.807) is 48.5 Å². The molecule has 0 spiro atoms. The van der Waals surface area contributed by atoms with Gasteiger partial charge in [-0.25, -0.2) is 4.79 Å². The van der Waals surface area contributed by atoms with Crippen molar-refractivity contribution >= 4 is 34.9 Å². The third-order valence-corrected chi connectivity index (χ3v) is 4.23. The zero-order valence-electron chi connectivity index (χ0n) is 15.9. The predicted octanol–water partition coefficient (Wildman–Crippen LogP) is 3.82. The van der Waals surface area contributed by atoms with Crippen molar-refractivity contribution in [2.24, 2.45) is 5.92 Å². The summed E-state index contributed by atoms with van der Waals surface area (Å²) in [5, 5.41) is 11.2. The van der Waals surface area contributed by atoms with Crippen LogP contribution in [0.4, 0.5) is 21.9 Å². The molecule has 7 heteroatoms. The summed E-state index contributed by atoms with van der Waals surface area (Å²) in [6, 6.07) is 13.7. The number of amides is 4. The molecule has 0 radical (unpaired) electrons. The van der Waals surface area contributed by atoms with Crippen LogP contribution in [0.15, 0.2) is 48.5 Å². The molecule has 0 heterocycles. The van der Waals surface area contributed by atoms with Crippen LogP contribution >= 0.6 is 0 Å². The molecule has 1 saturated carbocycles. The third kappa shape index (κ3) is 5.57. The highest BCUT2D eigenvalue weighted by Crippen LogP contribution is 2.19. The average molecular weight is 380 g/mol. The molecule has 1 aliphatic carbocycles. The van der Waals surface area contributed by atoms with E-state index in [1.807, 2.05) is 13.8 Å². The Morgan fingerprint density at radius 3 is 2.11 bits per heavy atom. The van der Waals surface area contributed by atoms with Crippen LogP contribution in [0.2, 0.25) is 0 Å². The predicted molar refractivity (Wildman–Crippen MR) is 109 cm³/mol. The average Bonchev–Trinajstić information content (AvgIpc) is 3.46. The van der Waals surface area contributed by atoms with Gasteiger partial charge in [0, 0.05) is 34.6 Å². The van der Waals surface area contributed by atoms with Crippen LogP contribution in [0.1, 0.15) is 37.0 Å². The minimum Gasteiger partial charge on any atom is -0.335 e. The highest BCUT2D eigenvalue weighted by molar-refractivity contribution is 6.05. The first-order valence-electron chi connectivity index (χ1n) is 9.30. The number of carbonyl (C=O) groups excluding carboxylic acids is 3. The Hall–Kier alpha value is -3.35. The van der Waals surface area contributed by atoms with Crippen molar-refractivity contribution in [3.63, 3.8) is 0 Å². The highest BCUT2D eigenvalue weighted by atomic mass is 16.2. The minimum atomic E-state index is -0.277. The van der Waals surface area contributed by atoms with Crippen LogP contribution in [0, 0.1) is 5.92 Å². The minimum absolute atomic E-state index is 0.0858. The third-order valence-electron chi connectivity index (χ3n) is 4.23. The van der Waals surface area contributed by atoms with E-state index in [9.17, 15) is 14.4 Å². The summed E-state index contributed by atoms with van der Waals surface area (Å²) in [5.74, 6) is -0.490.